The minimum atomic E-state index is -4.52. The number of sulfonamides is 2. The summed E-state index contributed by atoms with van der Waals surface area (Å²) in [6.45, 7) is 12.4. The lowest BCUT2D eigenvalue weighted by molar-refractivity contribution is -0.138. The summed E-state index contributed by atoms with van der Waals surface area (Å²) >= 11 is 0. The lowest BCUT2D eigenvalue weighted by Crippen LogP contribution is -2.23. The van der Waals surface area contributed by atoms with E-state index in [1.54, 1.807) is 145 Å². The van der Waals surface area contributed by atoms with E-state index in [1.807, 2.05) is 72.4 Å². The van der Waals surface area contributed by atoms with Gasteiger partial charge in [-0.15, -0.1) is 20.4 Å². The van der Waals surface area contributed by atoms with E-state index in [1.165, 1.54) is 68.6 Å². The van der Waals surface area contributed by atoms with Crippen molar-refractivity contribution in [2.75, 3.05) is 58.9 Å². The molecule has 0 unspecified atom stereocenters. The van der Waals surface area contributed by atoms with Crippen molar-refractivity contribution in [1.29, 1.82) is 0 Å². The number of imidazole rings is 3. The first kappa shape index (κ1) is 105. The number of fused-ring (bicyclic) bond motifs is 1. The van der Waals surface area contributed by atoms with Gasteiger partial charge in [-0.2, -0.15) is 39.5 Å². The largest absolute Gasteiger partial charge is 0.454 e. The van der Waals surface area contributed by atoms with E-state index in [-0.39, 0.29) is 89.7 Å². The summed E-state index contributed by atoms with van der Waals surface area (Å²) in [6.07, 6.45) is 0.0397. The monoisotopic (exact) mass is 2030 g/mol. The van der Waals surface area contributed by atoms with Gasteiger partial charge in [-0.05, 0) is 183 Å². The fourth-order valence-corrected chi connectivity index (χ4v) is 18.3. The number of nitrogens with one attached hydrogen (secondary N) is 6. The molecule has 0 spiro atoms. The molecule has 0 amide bonds. The number of anilines is 6. The summed E-state index contributed by atoms with van der Waals surface area (Å²) in [4.78, 5) is 21.3. The van der Waals surface area contributed by atoms with Crippen molar-refractivity contribution in [3.05, 3.63) is 289 Å². The van der Waals surface area contributed by atoms with Crippen LogP contribution in [0.5, 0.6) is 11.5 Å². The zero-order valence-corrected chi connectivity index (χ0v) is 80.9. The molecular formula is C94H95F9N18O14S5. The predicted molar refractivity (Wildman–Crippen MR) is 507 cm³/mol. The molecular weight excluding hydrogens is 1940 g/mol. The summed E-state index contributed by atoms with van der Waals surface area (Å²) in [6, 6.07) is 47.6. The van der Waals surface area contributed by atoms with E-state index in [9.17, 15) is 81.6 Å². The lowest BCUT2D eigenvalue weighted by Gasteiger charge is -2.20. The maximum atomic E-state index is 13.0. The number of rotatable bonds is 29. The molecule has 0 fully saturated rings. The summed E-state index contributed by atoms with van der Waals surface area (Å²) < 4.78 is 270. The van der Waals surface area contributed by atoms with Gasteiger partial charge in [0.05, 0.1) is 111 Å². The molecule has 32 nitrogen and oxygen atoms in total. The van der Waals surface area contributed by atoms with Crippen LogP contribution in [0.1, 0.15) is 91.4 Å². The molecule has 0 saturated heterocycles. The van der Waals surface area contributed by atoms with E-state index in [4.69, 9.17) is 18.3 Å². The Bertz CT molecular complexity index is 7510. The van der Waals surface area contributed by atoms with Crippen molar-refractivity contribution >= 4 is 83.9 Å². The van der Waals surface area contributed by atoms with Crippen LogP contribution < -0.4 is 40.2 Å². The van der Waals surface area contributed by atoms with Gasteiger partial charge in [-0.25, -0.2) is 76.5 Å². The van der Waals surface area contributed by atoms with E-state index in [0.717, 1.165) is 101 Å². The van der Waals surface area contributed by atoms with Crippen molar-refractivity contribution in [2.45, 2.75) is 117 Å². The third-order valence-corrected chi connectivity index (χ3v) is 29.3. The average molecular weight is 2030 g/mol. The minimum Gasteiger partial charge on any atom is -0.454 e. The van der Waals surface area contributed by atoms with E-state index in [2.05, 4.69) is 76.0 Å². The van der Waals surface area contributed by atoms with Crippen LogP contribution in [0, 0.1) is 13.8 Å². The number of benzene rings is 8. The number of ether oxygens (including phenoxy) is 2. The van der Waals surface area contributed by atoms with Crippen LogP contribution in [0.4, 0.5) is 73.9 Å². The molecule has 1 aliphatic heterocycles. The summed E-state index contributed by atoms with van der Waals surface area (Å²) in [7, 11) is -10.6. The smallest absolute Gasteiger partial charge is 0.417 e. The van der Waals surface area contributed by atoms with Crippen molar-refractivity contribution in [1.82, 2.24) is 68.5 Å². The maximum absolute atomic E-state index is 13.0. The molecule has 6 N–H and O–H groups in total. The number of alkyl halides is 9. The molecule has 8 heterocycles. The fourth-order valence-electron chi connectivity index (χ4n) is 13.7. The molecule has 15 aromatic rings. The van der Waals surface area contributed by atoms with Crippen molar-refractivity contribution in [3.63, 3.8) is 0 Å². The second kappa shape index (κ2) is 44.3. The highest BCUT2D eigenvalue weighted by molar-refractivity contribution is 7.92. The van der Waals surface area contributed by atoms with Crippen LogP contribution in [0.15, 0.2) is 271 Å². The van der Waals surface area contributed by atoms with Crippen LogP contribution in [-0.2, 0) is 109 Å². The zero-order chi connectivity index (χ0) is 101. The number of nitrogens with zero attached hydrogens (tertiary/aromatic N) is 12. The SMILES string of the molecule is CCNS(=O)(=O)c1ccc(Nc2ccc(C(F)(F)F)cn2)c(-c2cn(C)cn2)c1.CCS(=O)(=O)c1ccc(NCc2ccccc2)c(-c2nnc(C)o2)c1.CCS(=O)(=O)c1ccc(N[C@H](C)c2cccc(C(F)(F)F)c2)c(-c2cn(C)cn2)c1.CCS(=O)(=O)c1ccc(Nc2cc(C(F)(F)F)ccn2)c(-c2nnc(C)o2)c1.CNS(=O)(=O)c1ccc(CCc2ccc3c(c2)OCO3)c(-c2cn(C)cn2)c1. The van der Waals surface area contributed by atoms with Gasteiger partial charge in [0.2, 0.25) is 50.4 Å². The lowest BCUT2D eigenvalue weighted by atomic mass is 9.98. The Kier molecular flexibility index (Phi) is 33.1. The number of sulfone groups is 3. The number of halogens is 9. The first-order chi connectivity index (χ1) is 66.2. The second-order valence-electron chi connectivity index (χ2n) is 31.2. The molecule has 140 heavy (non-hydrogen) atoms. The zero-order valence-electron chi connectivity index (χ0n) is 76.8. The first-order valence-electron chi connectivity index (χ1n) is 42.7. The van der Waals surface area contributed by atoms with Crippen LogP contribution >= 0.6 is 0 Å². The summed E-state index contributed by atoms with van der Waals surface area (Å²) in [5.41, 5.74) is 7.77. The van der Waals surface area contributed by atoms with Gasteiger partial charge < -0.3 is 53.3 Å². The van der Waals surface area contributed by atoms with Gasteiger partial charge in [-0.1, -0.05) is 82.3 Å². The van der Waals surface area contributed by atoms with Gasteiger partial charge >= 0.3 is 18.5 Å². The maximum Gasteiger partial charge on any atom is 0.417 e. The summed E-state index contributed by atoms with van der Waals surface area (Å²) in [5.74, 6) is 2.51. The number of aryl methyl sites for hydroxylation is 7. The highest BCUT2D eigenvalue weighted by Crippen LogP contribution is 2.41. The Morgan fingerprint density at radius 2 is 0.900 bits per heavy atom. The molecule has 1 atom stereocenters. The Morgan fingerprint density at radius 1 is 0.421 bits per heavy atom. The number of aromatic nitrogens is 12. The quantitative estimate of drug-likeness (QED) is 0.0237. The van der Waals surface area contributed by atoms with Gasteiger partial charge in [0, 0.05) is 119 Å². The Hall–Kier alpha value is -14.2. The highest BCUT2D eigenvalue weighted by atomic mass is 32.2. The molecule has 1 aliphatic rings. The van der Waals surface area contributed by atoms with Crippen molar-refractivity contribution < 1.29 is 99.9 Å². The van der Waals surface area contributed by atoms with Gasteiger partial charge in [0.15, 0.2) is 41.0 Å². The Labute approximate surface area is 801 Å². The molecule has 0 radical (unpaired) electrons. The molecule has 8 aromatic carbocycles. The Balaban J connectivity index is 0.000000157. The van der Waals surface area contributed by atoms with Crippen LogP contribution in [0.25, 0.3) is 56.7 Å². The third-order valence-electron chi connectivity index (χ3n) is 21.2. The fraction of sp³-hybridized carbons (Fsp3) is 0.245. The van der Waals surface area contributed by atoms with E-state index in [0.29, 0.717) is 63.3 Å². The molecule has 0 bridgehead atoms. The van der Waals surface area contributed by atoms with Gasteiger partial charge in [0.1, 0.15) is 11.6 Å². The Morgan fingerprint density at radius 3 is 1.41 bits per heavy atom. The minimum absolute atomic E-state index is 0.0279. The molecule has 7 aromatic heterocycles. The first-order valence-corrected chi connectivity index (χ1v) is 50.7. The predicted octanol–water partition coefficient (Wildman–Crippen LogP) is 18.6. The molecule has 0 aliphatic carbocycles. The van der Waals surface area contributed by atoms with Crippen LogP contribution in [0.3, 0.4) is 0 Å². The molecule has 46 heteroatoms. The van der Waals surface area contributed by atoms with Crippen molar-refractivity contribution in [3.8, 4) is 68.2 Å². The number of hydrogen-bond donors (Lipinski definition) is 6. The van der Waals surface area contributed by atoms with Gasteiger partial charge in [0.25, 0.3) is 0 Å². The number of hydrogen-bond acceptors (Lipinski definition) is 27. The van der Waals surface area contributed by atoms with Crippen molar-refractivity contribution in [2.24, 2.45) is 21.1 Å². The third kappa shape index (κ3) is 27.0. The topological polar surface area (TPSA) is 418 Å². The van der Waals surface area contributed by atoms with Gasteiger partial charge in [-0.3, -0.25) is 0 Å². The molecule has 738 valence electrons. The highest BCUT2D eigenvalue weighted by Gasteiger charge is 2.34. The molecule has 0 saturated carbocycles. The normalized spacial score (nSPS) is 12.5. The van der Waals surface area contributed by atoms with E-state index >= 15 is 0 Å². The number of pyridine rings is 2. The van der Waals surface area contributed by atoms with Crippen LogP contribution in [0.2, 0.25) is 0 Å². The standard InChI is InChI=1S/C21H22F3N3O2S.C20H21N3O4S.C18H18F3N5O2S.C18H19N3O3S.C17H15F3N4O3S/c1-4-30(28,29)17-8-9-19(18(11-17)20-12-27(3)13-25-20)26-14(2)15-6-5-7-16(10-15)21(22,23)24;1-21-28(24,25)16-7-6-15(17(10-16)18-11-23(2)12-22-18)5-3-14-4-8-19-20(9-14)27-13-26-19;1-3-24-29(27,28)13-5-6-15(14(8-13)16-10-26(2)11-23-16)25-17-7-4-12(9-22-17)18(19,20)21;1-3-25(22,23)15-9-10-17(19-12-14-7-5-4-6-8-14)16(11-15)18-21-20-13(2)24-18;1-3-28(25,26)12-4-5-14(13(9-12)16-24-23-10(2)27-16)22-15-8-11(6-7-21-15)17(18,19)20/h5-14,26H,4H2,1-3H3;4,6-12,21H,3,5,13H2,1-2H3;4-11,24H,3H2,1-2H3,(H,22,25);4-11,19H,3,12H2,1-2H3;4-9H,3H2,1-2H3,(H,21,22)/t14-;;;;/m1..../s1. The summed E-state index contributed by atoms with van der Waals surface area (Å²) in [5, 5.41) is 27.6. The average Bonchev–Trinajstić information content (AvgIpc) is 1.48. The van der Waals surface area contributed by atoms with E-state index < -0.39 is 90.8 Å². The van der Waals surface area contributed by atoms with Crippen LogP contribution in [-0.4, -0.2) is 139 Å². The molecule has 16 rings (SSSR count). The second-order valence-corrected chi connectivity index (χ2v) is 41.7.